The Morgan fingerprint density at radius 3 is 2.30 bits per heavy atom. The van der Waals surface area contributed by atoms with Crippen molar-refractivity contribution in [2.75, 3.05) is 5.32 Å². The van der Waals surface area contributed by atoms with Crippen LogP contribution >= 0.6 is 23.2 Å². The van der Waals surface area contributed by atoms with Crippen LogP contribution in [0.25, 0.3) is 0 Å². The molecule has 9 heteroatoms. The smallest absolute Gasteiger partial charge is 0.350 e. The summed E-state index contributed by atoms with van der Waals surface area (Å²) < 4.78 is 37.6. The minimum Gasteiger partial charge on any atom is -0.350 e. The van der Waals surface area contributed by atoms with Gasteiger partial charge in [-0.05, 0) is 40.9 Å². The van der Waals surface area contributed by atoms with Crippen molar-refractivity contribution in [2.45, 2.75) is 12.7 Å². The molecule has 1 heterocycles. The number of halogens is 5. The number of nitrogens with one attached hydrogen (secondary N) is 1. The van der Waals surface area contributed by atoms with Gasteiger partial charge in [0.25, 0.3) is 0 Å². The third-order valence-corrected chi connectivity index (χ3v) is 2.62. The van der Waals surface area contributed by atoms with Crippen molar-refractivity contribution < 1.29 is 13.2 Å². The number of hydrogen-bond acceptors (Lipinski definition) is 4. The summed E-state index contributed by atoms with van der Waals surface area (Å²) in [6.07, 6.45) is -4.38. The van der Waals surface area contributed by atoms with Crippen molar-refractivity contribution >= 4 is 29.2 Å². The van der Waals surface area contributed by atoms with Gasteiger partial charge in [-0.1, -0.05) is 12.1 Å². The molecule has 1 aromatic carbocycles. The molecule has 20 heavy (non-hydrogen) atoms. The summed E-state index contributed by atoms with van der Waals surface area (Å²) in [6, 6.07) is 4.91. The lowest BCUT2D eigenvalue weighted by molar-refractivity contribution is -0.137. The van der Waals surface area contributed by atoms with Crippen LogP contribution in [0.15, 0.2) is 24.3 Å². The molecule has 0 amide bonds. The number of nitrogens with zero attached hydrogens (tertiary/aromatic N) is 3. The Morgan fingerprint density at radius 1 is 1.05 bits per heavy atom. The maximum Gasteiger partial charge on any atom is 0.416 e. The van der Waals surface area contributed by atoms with E-state index in [0.717, 1.165) is 12.1 Å². The summed E-state index contributed by atoms with van der Waals surface area (Å²) in [4.78, 5) is 11.0. The van der Waals surface area contributed by atoms with Gasteiger partial charge in [0.05, 0.1) is 5.56 Å². The molecular formula is C11H7Cl2F3N4. The van der Waals surface area contributed by atoms with E-state index in [1.807, 2.05) is 0 Å². The van der Waals surface area contributed by atoms with Crippen LogP contribution in [0.4, 0.5) is 19.1 Å². The molecule has 0 aliphatic carbocycles. The molecule has 0 saturated heterocycles. The zero-order chi connectivity index (χ0) is 14.8. The summed E-state index contributed by atoms with van der Waals surface area (Å²) in [5, 5.41) is 2.52. The summed E-state index contributed by atoms with van der Waals surface area (Å²) in [7, 11) is 0. The first-order chi connectivity index (χ1) is 9.34. The highest BCUT2D eigenvalue weighted by Gasteiger charge is 2.30. The molecule has 0 spiro atoms. The summed E-state index contributed by atoms with van der Waals surface area (Å²) >= 11 is 11.2. The lowest BCUT2D eigenvalue weighted by Gasteiger charge is -2.09. The lowest BCUT2D eigenvalue weighted by atomic mass is 10.1. The highest BCUT2D eigenvalue weighted by Crippen LogP contribution is 2.29. The fourth-order valence-electron chi connectivity index (χ4n) is 1.44. The Bertz CT molecular complexity index is 599. The SMILES string of the molecule is FC(F)(F)c1cccc(CNc2nc(Cl)nc(Cl)n2)c1. The molecular weight excluding hydrogens is 316 g/mol. The third kappa shape index (κ3) is 3.94. The largest absolute Gasteiger partial charge is 0.416 e. The van der Waals surface area contributed by atoms with E-state index < -0.39 is 11.7 Å². The van der Waals surface area contributed by atoms with Gasteiger partial charge in [0.15, 0.2) is 0 Å². The van der Waals surface area contributed by atoms with Gasteiger partial charge in [0.1, 0.15) is 0 Å². The maximum absolute atomic E-state index is 12.5. The van der Waals surface area contributed by atoms with Gasteiger partial charge in [-0.15, -0.1) is 0 Å². The van der Waals surface area contributed by atoms with Crippen LogP contribution in [-0.4, -0.2) is 15.0 Å². The van der Waals surface area contributed by atoms with E-state index in [1.54, 1.807) is 6.07 Å². The van der Waals surface area contributed by atoms with E-state index in [0.29, 0.717) is 5.56 Å². The van der Waals surface area contributed by atoms with Crippen LogP contribution in [0.2, 0.25) is 10.6 Å². The Morgan fingerprint density at radius 2 is 1.70 bits per heavy atom. The van der Waals surface area contributed by atoms with E-state index in [4.69, 9.17) is 23.2 Å². The molecule has 0 atom stereocenters. The van der Waals surface area contributed by atoms with Gasteiger partial charge in [-0.25, -0.2) is 0 Å². The molecule has 0 fully saturated rings. The van der Waals surface area contributed by atoms with Crippen LogP contribution in [0.3, 0.4) is 0 Å². The molecule has 0 unspecified atom stereocenters. The first-order valence-corrected chi connectivity index (χ1v) is 6.07. The second kappa shape index (κ2) is 5.80. The van der Waals surface area contributed by atoms with E-state index in [9.17, 15) is 13.2 Å². The van der Waals surface area contributed by atoms with Crippen molar-refractivity contribution in [1.29, 1.82) is 0 Å². The van der Waals surface area contributed by atoms with Crippen LogP contribution in [0, 0.1) is 0 Å². The molecule has 1 aromatic heterocycles. The van der Waals surface area contributed by atoms with E-state index in [-0.39, 0.29) is 23.1 Å². The van der Waals surface area contributed by atoms with Crippen LogP contribution < -0.4 is 5.32 Å². The Labute approximate surface area is 122 Å². The lowest BCUT2D eigenvalue weighted by Crippen LogP contribution is -2.08. The Balaban J connectivity index is 2.11. The van der Waals surface area contributed by atoms with Gasteiger partial charge in [-0.3, -0.25) is 0 Å². The van der Waals surface area contributed by atoms with Crippen LogP contribution in [0.5, 0.6) is 0 Å². The monoisotopic (exact) mass is 322 g/mol. The molecule has 0 radical (unpaired) electrons. The molecule has 106 valence electrons. The van der Waals surface area contributed by atoms with Crippen molar-refractivity contribution in [3.8, 4) is 0 Å². The summed E-state index contributed by atoms with van der Waals surface area (Å²) in [5.74, 6) is 0.0902. The number of anilines is 1. The fraction of sp³-hybridized carbons (Fsp3) is 0.182. The quantitative estimate of drug-likeness (QED) is 0.933. The molecule has 4 nitrogen and oxygen atoms in total. The third-order valence-electron chi connectivity index (χ3n) is 2.29. The van der Waals surface area contributed by atoms with Crippen LogP contribution in [-0.2, 0) is 12.7 Å². The minimum absolute atomic E-state index is 0.0902. The Hall–Kier alpha value is -1.60. The summed E-state index contributed by atoms with van der Waals surface area (Å²) in [5.41, 5.74) is -0.295. The first-order valence-electron chi connectivity index (χ1n) is 5.32. The van der Waals surface area contributed by atoms with Crippen molar-refractivity contribution in [3.63, 3.8) is 0 Å². The maximum atomic E-state index is 12.5. The summed E-state index contributed by atoms with van der Waals surface area (Å²) in [6.45, 7) is 0.0978. The molecule has 0 saturated carbocycles. The number of rotatable bonds is 3. The first kappa shape index (κ1) is 14.8. The average molecular weight is 323 g/mol. The van der Waals surface area contributed by atoms with Gasteiger partial charge in [0.2, 0.25) is 16.5 Å². The van der Waals surface area contributed by atoms with Crippen LogP contribution in [0.1, 0.15) is 11.1 Å². The molecule has 2 rings (SSSR count). The molecule has 2 aromatic rings. The molecule has 0 bridgehead atoms. The topological polar surface area (TPSA) is 50.7 Å². The highest BCUT2D eigenvalue weighted by molar-refractivity contribution is 6.31. The van der Waals surface area contributed by atoms with Gasteiger partial charge >= 0.3 is 6.18 Å². The second-order valence-electron chi connectivity index (χ2n) is 3.75. The van der Waals surface area contributed by atoms with Gasteiger partial charge in [-0.2, -0.15) is 28.1 Å². The average Bonchev–Trinajstić information content (AvgIpc) is 2.35. The minimum atomic E-state index is -4.38. The Kier molecular flexibility index (Phi) is 4.29. The number of benzene rings is 1. The molecule has 0 aliphatic heterocycles. The highest BCUT2D eigenvalue weighted by atomic mass is 35.5. The standard InChI is InChI=1S/C11H7Cl2F3N4/c12-8-18-9(13)20-10(19-8)17-5-6-2-1-3-7(4-6)11(14,15)16/h1-4H,5H2,(H,17,18,19,20). The number of hydrogen-bond donors (Lipinski definition) is 1. The predicted molar refractivity (Wildman–Crippen MR) is 68.6 cm³/mol. The van der Waals surface area contributed by atoms with E-state index >= 15 is 0 Å². The molecule has 0 aliphatic rings. The normalized spacial score (nSPS) is 11.4. The molecule has 1 N–H and O–H groups in total. The van der Waals surface area contributed by atoms with E-state index in [2.05, 4.69) is 20.3 Å². The zero-order valence-corrected chi connectivity index (χ0v) is 11.3. The van der Waals surface area contributed by atoms with Gasteiger partial charge < -0.3 is 5.32 Å². The zero-order valence-electron chi connectivity index (χ0n) is 9.75. The van der Waals surface area contributed by atoms with Crippen molar-refractivity contribution in [3.05, 3.63) is 46.0 Å². The van der Waals surface area contributed by atoms with Crippen molar-refractivity contribution in [2.24, 2.45) is 0 Å². The van der Waals surface area contributed by atoms with Crippen molar-refractivity contribution in [1.82, 2.24) is 15.0 Å². The second-order valence-corrected chi connectivity index (χ2v) is 4.42. The van der Waals surface area contributed by atoms with E-state index in [1.165, 1.54) is 6.07 Å². The van der Waals surface area contributed by atoms with Gasteiger partial charge in [0, 0.05) is 6.54 Å². The number of aromatic nitrogens is 3. The predicted octanol–water partition coefficient (Wildman–Crippen LogP) is 3.81. The number of alkyl halides is 3. The fourth-order valence-corrected chi connectivity index (χ4v) is 1.81.